The molecule has 5 rings (SSSR count). The van der Waals surface area contributed by atoms with Gasteiger partial charge in [0.25, 0.3) is 0 Å². The molecule has 0 unspecified atom stereocenters. The van der Waals surface area contributed by atoms with Crippen molar-refractivity contribution >= 4 is 33.9 Å². The maximum Gasteiger partial charge on any atom is 0.306 e. The highest BCUT2D eigenvalue weighted by Crippen LogP contribution is 2.37. The van der Waals surface area contributed by atoms with Gasteiger partial charge in [-0.05, 0) is 53.4 Å². The molecule has 0 atom stereocenters. The van der Waals surface area contributed by atoms with Crippen molar-refractivity contribution in [2.24, 2.45) is 0 Å². The number of rotatable bonds is 13. The Kier molecular flexibility index (Phi) is 10.4. The predicted octanol–water partition coefficient (Wildman–Crippen LogP) is 5.29. The SMILES string of the molecule is COC(=O)CCNS(=O)(=O)c1cncc(COc2cc(OCc3cccc(-c4ccc5c(c4)OCCO5)c3C)c(Cl)cc2C=O)c1. The second-order valence-corrected chi connectivity index (χ2v) is 12.4. The van der Waals surface area contributed by atoms with Crippen molar-refractivity contribution in [3.8, 4) is 34.1 Å². The number of benzene rings is 3. The van der Waals surface area contributed by atoms with Gasteiger partial charge in [0.2, 0.25) is 10.0 Å². The normalized spacial score (nSPS) is 12.3. The minimum Gasteiger partial charge on any atom is -0.488 e. The van der Waals surface area contributed by atoms with Gasteiger partial charge in [0.05, 0.1) is 24.1 Å². The van der Waals surface area contributed by atoms with Crippen molar-refractivity contribution in [3.63, 3.8) is 0 Å². The van der Waals surface area contributed by atoms with E-state index in [1.807, 2.05) is 43.3 Å². The molecule has 1 aliphatic rings. The fourth-order valence-electron chi connectivity index (χ4n) is 4.72. The lowest BCUT2D eigenvalue weighted by molar-refractivity contribution is -0.140. The summed E-state index contributed by atoms with van der Waals surface area (Å²) in [5.74, 6) is 1.38. The average molecular weight is 667 g/mol. The van der Waals surface area contributed by atoms with Crippen LogP contribution in [0.25, 0.3) is 11.1 Å². The number of carbonyl (C=O) groups excluding carboxylic acids is 2. The number of aromatic nitrogens is 1. The number of aldehydes is 1. The van der Waals surface area contributed by atoms with Gasteiger partial charge in [-0.2, -0.15) is 0 Å². The fourth-order valence-corrected chi connectivity index (χ4v) is 5.99. The zero-order chi connectivity index (χ0) is 32.7. The van der Waals surface area contributed by atoms with Crippen molar-refractivity contribution in [1.29, 1.82) is 0 Å². The van der Waals surface area contributed by atoms with Gasteiger partial charge in [-0.1, -0.05) is 35.9 Å². The van der Waals surface area contributed by atoms with E-state index in [0.29, 0.717) is 36.6 Å². The molecular formula is C33H31ClN2O9S. The van der Waals surface area contributed by atoms with Crippen LogP contribution in [0.1, 0.15) is 33.5 Å². The Balaban J connectivity index is 1.28. The van der Waals surface area contributed by atoms with Crippen LogP contribution in [0.3, 0.4) is 0 Å². The molecular weight excluding hydrogens is 636 g/mol. The van der Waals surface area contributed by atoms with Crippen molar-refractivity contribution < 1.29 is 41.7 Å². The van der Waals surface area contributed by atoms with Gasteiger partial charge in [0.1, 0.15) is 42.8 Å². The molecule has 11 nitrogen and oxygen atoms in total. The largest absolute Gasteiger partial charge is 0.488 e. The highest BCUT2D eigenvalue weighted by atomic mass is 35.5. The molecule has 0 fully saturated rings. The smallest absolute Gasteiger partial charge is 0.306 e. The first-order chi connectivity index (χ1) is 22.2. The molecule has 13 heteroatoms. The Bertz CT molecular complexity index is 1860. The molecule has 0 spiro atoms. The monoisotopic (exact) mass is 666 g/mol. The summed E-state index contributed by atoms with van der Waals surface area (Å²) in [6.45, 7) is 2.99. The topological polar surface area (TPSA) is 139 Å². The van der Waals surface area contributed by atoms with Crippen LogP contribution in [0.5, 0.6) is 23.0 Å². The standard InChI is InChI=1S/C33H31ClN2O9S/c1-21-24(4-3-5-27(21)23-6-7-29-32(14-23)43-11-10-42-29)20-45-31-15-30(25(18-37)13-28(31)34)44-19-22-12-26(17-35-16-22)46(39,40)36-9-8-33(38)41-2/h3-7,12-18,36H,8-11,19-20H2,1-2H3. The van der Waals surface area contributed by atoms with Gasteiger partial charge >= 0.3 is 5.97 Å². The molecule has 0 saturated heterocycles. The molecule has 0 radical (unpaired) electrons. The number of hydrogen-bond acceptors (Lipinski definition) is 10. The van der Waals surface area contributed by atoms with E-state index in [-0.39, 0.29) is 47.4 Å². The van der Waals surface area contributed by atoms with E-state index in [1.165, 1.54) is 37.7 Å². The minimum atomic E-state index is -3.94. The van der Waals surface area contributed by atoms with Crippen LogP contribution in [0.4, 0.5) is 0 Å². The van der Waals surface area contributed by atoms with Gasteiger partial charge in [-0.15, -0.1) is 0 Å². The average Bonchev–Trinajstić information content (AvgIpc) is 3.07. The maximum atomic E-state index is 12.7. The van der Waals surface area contributed by atoms with Crippen molar-refractivity contribution in [2.75, 3.05) is 26.9 Å². The van der Waals surface area contributed by atoms with E-state index in [0.717, 1.165) is 28.0 Å². The molecule has 1 aromatic heterocycles. The van der Waals surface area contributed by atoms with Gasteiger partial charge < -0.3 is 23.7 Å². The molecule has 1 aliphatic heterocycles. The molecule has 4 aromatic rings. The van der Waals surface area contributed by atoms with Crippen molar-refractivity contribution in [1.82, 2.24) is 9.71 Å². The zero-order valence-electron chi connectivity index (χ0n) is 25.1. The number of fused-ring (bicyclic) bond motifs is 1. The Labute approximate surface area is 271 Å². The molecule has 46 heavy (non-hydrogen) atoms. The van der Waals surface area contributed by atoms with Crippen LogP contribution in [0.2, 0.25) is 5.02 Å². The second kappa shape index (κ2) is 14.6. The molecule has 0 bridgehead atoms. The lowest BCUT2D eigenvalue weighted by atomic mass is 9.96. The Morgan fingerprint density at radius 1 is 1.00 bits per heavy atom. The summed E-state index contributed by atoms with van der Waals surface area (Å²) < 4.78 is 55.5. The Morgan fingerprint density at radius 2 is 1.78 bits per heavy atom. The summed E-state index contributed by atoms with van der Waals surface area (Å²) >= 11 is 6.46. The van der Waals surface area contributed by atoms with E-state index >= 15 is 0 Å². The number of halogens is 1. The summed E-state index contributed by atoms with van der Waals surface area (Å²) in [4.78, 5) is 27.0. The molecule has 0 aliphatic carbocycles. The molecule has 3 aromatic carbocycles. The fraction of sp³-hybridized carbons (Fsp3) is 0.242. The lowest BCUT2D eigenvalue weighted by Gasteiger charge is -2.20. The minimum absolute atomic E-state index is 0.100. The molecule has 240 valence electrons. The van der Waals surface area contributed by atoms with Crippen LogP contribution in [-0.2, 0) is 32.8 Å². The number of nitrogens with one attached hydrogen (secondary N) is 1. The third-order valence-corrected chi connectivity index (χ3v) is 8.92. The van der Waals surface area contributed by atoms with Gasteiger partial charge in [-0.25, -0.2) is 13.1 Å². The quantitative estimate of drug-likeness (QED) is 0.148. The molecule has 2 heterocycles. The zero-order valence-corrected chi connectivity index (χ0v) is 26.7. The van der Waals surface area contributed by atoms with E-state index in [2.05, 4.69) is 14.4 Å². The van der Waals surface area contributed by atoms with Crippen LogP contribution in [0, 0.1) is 6.92 Å². The maximum absolute atomic E-state index is 12.7. The Morgan fingerprint density at radius 3 is 2.57 bits per heavy atom. The van der Waals surface area contributed by atoms with E-state index in [1.54, 1.807) is 0 Å². The van der Waals surface area contributed by atoms with Crippen LogP contribution in [-0.4, -0.2) is 52.5 Å². The van der Waals surface area contributed by atoms with Gasteiger partial charge in [0.15, 0.2) is 17.8 Å². The number of hydrogen-bond donors (Lipinski definition) is 1. The highest BCUT2D eigenvalue weighted by Gasteiger charge is 2.18. The number of nitrogens with zero attached hydrogens (tertiary/aromatic N) is 1. The second-order valence-electron chi connectivity index (χ2n) is 10.2. The van der Waals surface area contributed by atoms with E-state index < -0.39 is 16.0 Å². The number of methoxy groups -OCH3 is 1. The summed E-state index contributed by atoms with van der Waals surface area (Å²) in [5.41, 5.74) is 4.55. The first kappa shape index (κ1) is 32.7. The number of ether oxygens (including phenoxy) is 5. The van der Waals surface area contributed by atoms with E-state index in [9.17, 15) is 18.0 Å². The first-order valence-corrected chi connectivity index (χ1v) is 16.1. The third-order valence-electron chi connectivity index (χ3n) is 7.20. The Hall–Kier alpha value is -4.65. The lowest BCUT2D eigenvalue weighted by Crippen LogP contribution is -2.26. The summed E-state index contributed by atoms with van der Waals surface area (Å²) in [5, 5.41) is 0.225. The first-order valence-electron chi connectivity index (χ1n) is 14.2. The van der Waals surface area contributed by atoms with Crippen molar-refractivity contribution in [2.45, 2.75) is 31.5 Å². The third kappa shape index (κ3) is 7.76. The van der Waals surface area contributed by atoms with E-state index in [4.69, 9.17) is 30.5 Å². The van der Waals surface area contributed by atoms with Crippen LogP contribution < -0.4 is 23.7 Å². The van der Waals surface area contributed by atoms with Crippen LogP contribution >= 0.6 is 11.6 Å². The molecule has 0 amide bonds. The summed E-state index contributed by atoms with van der Waals surface area (Å²) in [6.07, 6.45) is 3.11. The van der Waals surface area contributed by atoms with Crippen molar-refractivity contribution in [3.05, 3.63) is 94.3 Å². The predicted molar refractivity (Wildman–Crippen MR) is 169 cm³/mol. The van der Waals surface area contributed by atoms with Gasteiger partial charge in [-0.3, -0.25) is 14.6 Å². The molecule has 0 saturated carbocycles. The summed E-state index contributed by atoms with van der Waals surface area (Å²) in [7, 11) is -2.72. The number of esters is 1. The number of pyridine rings is 1. The highest BCUT2D eigenvalue weighted by molar-refractivity contribution is 7.89. The van der Waals surface area contributed by atoms with Gasteiger partial charge in [0, 0.05) is 30.6 Å². The van der Waals surface area contributed by atoms with Crippen LogP contribution in [0.15, 0.2) is 71.9 Å². The number of sulfonamides is 1. The number of carbonyl (C=O) groups is 2. The summed E-state index contributed by atoms with van der Waals surface area (Å²) in [6, 6.07) is 16.1. The molecule has 1 N–H and O–H groups in total.